The zero-order valence-electron chi connectivity index (χ0n) is 10.9. The molecule has 2 aromatic rings. The molecule has 0 bridgehead atoms. The van der Waals surface area contributed by atoms with Crippen LogP contribution in [-0.2, 0) is 10.0 Å². The summed E-state index contributed by atoms with van der Waals surface area (Å²) >= 11 is 0. The van der Waals surface area contributed by atoms with E-state index in [2.05, 4.69) is 4.72 Å². The molecule has 0 amide bonds. The Balaban J connectivity index is 2.41. The van der Waals surface area contributed by atoms with Crippen molar-refractivity contribution in [2.45, 2.75) is 4.90 Å². The highest BCUT2D eigenvalue weighted by Crippen LogP contribution is 2.19. The fourth-order valence-corrected chi connectivity index (χ4v) is 2.78. The number of hydrogen-bond acceptors (Lipinski definition) is 4. The van der Waals surface area contributed by atoms with Crippen LogP contribution in [0.2, 0.25) is 0 Å². The number of carbonyl (C=O) groups is 1. The van der Waals surface area contributed by atoms with Crippen molar-refractivity contribution in [1.82, 2.24) is 0 Å². The number of carboxylic acid groups (broad SMARTS) is 1. The molecule has 22 heavy (non-hydrogen) atoms. The molecule has 0 saturated heterocycles. The summed E-state index contributed by atoms with van der Waals surface area (Å²) < 4.78 is 39.9. The molecular formula is C14H9FN2O4S. The Kier molecular flexibility index (Phi) is 4.10. The summed E-state index contributed by atoms with van der Waals surface area (Å²) in [4.78, 5) is 10.5. The van der Waals surface area contributed by atoms with Crippen LogP contribution >= 0.6 is 0 Å². The fourth-order valence-electron chi connectivity index (χ4n) is 1.70. The molecule has 0 saturated carbocycles. The Morgan fingerprint density at radius 1 is 1.23 bits per heavy atom. The Morgan fingerprint density at radius 2 is 1.95 bits per heavy atom. The van der Waals surface area contributed by atoms with Gasteiger partial charge < -0.3 is 5.11 Å². The van der Waals surface area contributed by atoms with Gasteiger partial charge in [-0.15, -0.1) is 0 Å². The average Bonchev–Trinajstić information content (AvgIpc) is 2.46. The van der Waals surface area contributed by atoms with E-state index in [9.17, 15) is 17.6 Å². The summed E-state index contributed by atoms with van der Waals surface area (Å²) in [5, 5.41) is 17.6. The summed E-state index contributed by atoms with van der Waals surface area (Å²) in [5.74, 6) is -2.60. The maximum Gasteiger partial charge on any atom is 0.338 e. The van der Waals surface area contributed by atoms with Crippen LogP contribution in [0, 0.1) is 17.1 Å². The van der Waals surface area contributed by atoms with Crippen LogP contribution in [0.25, 0.3) is 0 Å². The van der Waals surface area contributed by atoms with Gasteiger partial charge in [0.05, 0.1) is 27.8 Å². The van der Waals surface area contributed by atoms with E-state index in [4.69, 9.17) is 10.4 Å². The molecule has 2 rings (SSSR count). The van der Waals surface area contributed by atoms with Crippen LogP contribution in [0.3, 0.4) is 0 Å². The van der Waals surface area contributed by atoms with E-state index in [1.54, 1.807) is 0 Å². The van der Waals surface area contributed by atoms with Crippen LogP contribution in [-0.4, -0.2) is 19.5 Å². The predicted octanol–water partition coefficient (Wildman–Crippen LogP) is 2.20. The largest absolute Gasteiger partial charge is 0.478 e. The zero-order chi connectivity index (χ0) is 16.3. The van der Waals surface area contributed by atoms with Crippen LogP contribution in [0.1, 0.15) is 15.9 Å². The molecule has 0 aliphatic heterocycles. The summed E-state index contributed by atoms with van der Waals surface area (Å²) in [5.41, 5.74) is -0.348. The standard InChI is InChI=1S/C14H9FN2O4S/c15-13-5-4-11(7-12(13)14(18)19)22(20,21)17-10-3-1-2-9(6-10)8-16/h1-7,17H,(H,18,19). The van der Waals surface area contributed by atoms with Crippen molar-refractivity contribution in [3.8, 4) is 6.07 Å². The molecule has 2 aromatic carbocycles. The van der Waals surface area contributed by atoms with E-state index in [1.807, 2.05) is 6.07 Å². The Hall–Kier alpha value is -2.92. The second-order valence-electron chi connectivity index (χ2n) is 4.24. The first-order valence-electron chi connectivity index (χ1n) is 5.89. The zero-order valence-corrected chi connectivity index (χ0v) is 11.8. The Morgan fingerprint density at radius 3 is 2.59 bits per heavy atom. The highest BCUT2D eigenvalue weighted by Gasteiger charge is 2.19. The number of halogens is 1. The third kappa shape index (κ3) is 3.21. The van der Waals surface area contributed by atoms with Crippen molar-refractivity contribution >= 4 is 21.7 Å². The van der Waals surface area contributed by atoms with Crippen molar-refractivity contribution in [1.29, 1.82) is 5.26 Å². The smallest absolute Gasteiger partial charge is 0.338 e. The molecule has 112 valence electrons. The maximum absolute atomic E-state index is 13.3. The molecule has 0 aliphatic carbocycles. The molecule has 6 nitrogen and oxygen atoms in total. The van der Waals surface area contributed by atoms with Gasteiger partial charge in [-0.1, -0.05) is 6.07 Å². The van der Waals surface area contributed by atoms with E-state index in [-0.39, 0.29) is 11.3 Å². The number of nitriles is 1. The maximum atomic E-state index is 13.3. The lowest BCUT2D eigenvalue weighted by Gasteiger charge is -2.09. The number of nitrogens with zero attached hydrogens (tertiary/aromatic N) is 1. The van der Waals surface area contributed by atoms with E-state index < -0.39 is 32.3 Å². The van der Waals surface area contributed by atoms with Gasteiger partial charge in [-0.2, -0.15) is 5.26 Å². The highest BCUT2D eigenvalue weighted by atomic mass is 32.2. The number of benzene rings is 2. The second kappa shape index (κ2) is 5.83. The Bertz CT molecular complexity index is 888. The minimum absolute atomic E-state index is 0.139. The molecule has 0 fully saturated rings. The third-order valence-electron chi connectivity index (χ3n) is 2.72. The Labute approximate surface area is 125 Å². The van der Waals surface area contributed by atoms with Gasteiger partial charge in [-0.25, -0.2) is 17.6 Å². The number of rotatable bonds is 4. The van der Waals surface area contributed by atoms with Crippen molar-refractivity contribution < 1.29 is 22.7 Å². The monoisotopic (exact) mass is 320 g/mol. The first kappa shape index (κ1) is 15.5. The quantitative estimate of drug-likeness (QED) is 0.898. The molecule has 0 radical (unpaired) electrons. The number of sulfonamides is 1. The predicted molar refractivity (Wildman–Crippen MR) is 75.3 cm³/mol. The highest BCUT2D eigenvalue weighted by molar-refractivity contribution is 7.92. The molecular weight excluding hydrogens is 311 g/mol. The molecule has 0 aromatic heterocycles. The van der Waals surface area contributed by atoms with Gasteiger partial charge in [0, 0.05) is 0 Å². The van der Waals surface area contributed by atoms with E-state index in [0.29, 0.717) is 0 Å². The first-order chi connectivity index (χ1) is 10.3. The van der Waals surface area contributed by atoms with Gasteiger partial charge in [-0.05, 0) is 36.4 Å². The van der Waals surface area contributed by atoms with Crippen LogP contribution in [0.5, 0.6) is 0 Å². The number of anilines is 1. The molecule has 0 spiro atoms. The SMILES string of the molecule is N#Cc1cccc(NS(=O)(=O)c2ccc(F)c(C(=O)O)c2)c1. The van der Waals surface area contributed by atoms with Crippen LogP contribution in [0.15, 0.2) is 47.4 Å². The summed E-state index contributed by atoms with van der Waals surface area (Å²) in [6.45, 7) is 0. The number of aromatic carboxylic acids is 1. The summed E-state index contributed by atoms with van der Waals surface area (Å²) in [6, 6.07) is 10.1. The van der Waals surface area contributed by atoms with Crippen molar-refractivity contribution in [2.24, 2.45) is 0 Å². The van der Waals surface area contributed by atoms with Crippen LogP contribution in [0.4, 0.5) is 10.1 Å². The fraction of sp³-hybridized carbons (Fsp3) is 0. The topological polar surface area (TPSA) is 107 Å². The molecule has 0 atom stereocenters. The lowest BCUT2D eigenvalue weighted by atomic mass is 10.2. The normalized spacial score (nSPS) is 10.7. The summed E-state index contributed by atoms with van der Waals surface area (Å²) in [6.07, 6.45) is 0. The van der Waals surface area contributed by atoms with Gasteiger partial charge in [-0.3, -0.25) is 4.72 Å². The minimum Gasteiger partial charge on any atom is -0.478 e. The van der Waals surface area contributed by atoms with Gasteiger partial charge in [0.1, 0.15) is 5.82 Å². The third-order valence-corrected chi connectivity index (χ3v) is 4.10. The lowest BCUT2D eigenvalue weighted by molar-refractivity contribution is 0.0691. The van der Waals surface area contributed by atoms with Crippen molar-refractivity contribution in [2.75, 3.05) is 4.72 Å². The van der Waals surface area contributed by atoms with Gasteiger partial charge in [0.15, 0.2) is 0 Å². The van der Waals surface area contributed by atoms with E-state index in [0.717, 1.165) is 18.2 Å². The number of hydrogen-bond donors (Lipinski definition) is 2. The number of nitrogens with one attached hydrogen (secondary N) is 1. The molecule has 0 heterocycles. The average molecular weight is 320 g/mol. The van der Waals surface area contributed by atoms with Crippen molar-refractivity contribution in [3.05, 3.63) is 59.4 Å². The van der Waals surface area contributed by atoms with E-state index >= 15 is 0 Å². The van der Waals surface area contributed by atoms with Gasteiger partial charge in [0.2, 0.25) is 0 Å². The summed E-state index contributed by atoms with van der Waals surface area (Å²) in [7, 11) is -4.10. The second-order valence-corrected chi connectivity index (χ2v) is 5.93. The van der Waals surface area contributed by atoms with Crippen molar-refractivity contribution in [3.63, 3.8) is 0 Å². The molecule has 2 N–H and O–H groups in total. The minimum atomic E-state index is -4.10. The van der Waals surface area contributed by atoms with Gasteiger partial charge in [0.25, 0.3) is 10.0 Å². The lowest BCUT2D eigenvalue weighted by Crippen LogP contribution is -2.14. The van der Waals surface area contributed by atoms with E-state index in [1.165, 1.54) is 24.3 Å². The molecule has 0 aliphatic rings. The van der Waals surface area contributed by atoms with Crippen LogP contribution < -0.4 is 4.72 Å². The molecule has 8 heteroatoms. The number of carboxylic acids is 1. The first-order valence-corrected chi connectivity index (χ1v) is 7.37. The van der Waals surface area contributed by atoms with Gasteiger partial charge >= 0.3 is 5.97 Å². The molecule has 0 unspecified atom stereocenters.